The fraction of sp³-hybridized carbons (Fsp3) is 0.667. The van der Waals surface area contributed by atoms with Crippen LogP contribution >= 0.6 is 0 Å². The highest BCUT2D eigenvalue weighted by atomic mass is 32.2. The van der Waals surface area contributed by atoms with Crippen molar-refractivity contribution < 1.29 is 13.2 Å². The number of amides is 1. The Kier molecular flexibility index (Phi) is 4.25. The number of rotatable bonds is 4. The van der Waals surface area contributed by atoms with E-state index >= 15 is 0 Å². The Morgan fingerprint density at radius 3 is 2.71 bits per heavy atom. The zero-order valence-corrected chi connectivity index (χ0v) is 14.7. The Hall–Kier alpha value is -1.74. The molecule has 1 aromatic rings. The molecule has 1 atom stereocenters. The van der Waals surface area contributed by atoms with Gasteiger partial charge in [0.25, 0.3) is 11.5 Å². The number of fused-ring (bicyclic) bond motifs is 2. The Labute approximate surface area is 140 Å². The topological polar surface area (TPSA) is 101 Å². The summed E-state index contributed by atoms with van der Waals surface area (Å²) in [5, 5.41) is 2.69. The van der Waals surface area contributed by atoms with Crippen molar-refractivity contribution in [2.24, 2.45) is 0 Å². The molecule has 2 aliphatic rings. The van der Waals surface area contributed by atoms with Gasteiger partial charge in [0.2, 0.25) is 10.0 Å². The Morgan fingerprint density at radius 1 is 1.38 bits per heavy atom. The number of nitrogens with one attached hydrogen (secondary N) is 1. The number of hydrogen-bond donors (Lipinski definition) is 1. The van der Waals surface area contributed by atoms with E-state index in [1.165, 1.54) is 10.6 Å². The highest BCUT2D eigenvalue weighted by Crippen LogP contribution is 2.41. The molecule has 24 heavy (non-hydrogen) atoms. The SMILES string of the molecule is CCCNC(=O)c1cn2c(nc1=O)[C@@]1(CCN(S(C)(=O)=O)C1)CC2. The van der Waals surface area contributed by atoms with Crippen LogP contribution in [0.2, 0.25) is 0 Å². The van der Waals surface area contributed by atoms with Crippen molar-refractivity contribution in [3.63, 3.8) is 0 Å². The predicted molar refractivity (Wildman–Crippen MR) is 88.5 cm³/mol. The zero-order valence-electron chi connectivity index (χ0n) is 13.9. The quantitative estimate of drug-likeness (QED) is 0.799. The van der Waals surface area contributed by atoms with Gasteiger partial charge in [0.05, 0.1) is 6.26 Å². The molecule has 9 heteroatoms. The predicted octanol–water partition coefficient (Wildman–Crippen LogP) is -0.310. The molecule has 0 aliphatic carbocycles. The molecular formula is C15H22N4O4S. The van der Waals surface area contributed by atoms with E-state index in [1.54, 1.807) is 6.20 Å². The first kappa shape index (κ1) is 17.1. The summed E-state index contributed by atoms with van der Waals surface area (Å²) in [5.74, 6) is 0.195. The largest absolute Gasteiger partial charge is 0.352 e. The van der Waals surface area contributed by atoms with Gasteiger partial charge in [0, 0.05) is 37.8 Å². The molecule has 3 heterocycles. The lowest BCUT2D eigenvalue weighted by Crippen LogP contribution is -2.36. The molecular weight excluding hydrogens is 332 g/mol. The number of carbonyl (C=O) groups excluding carboxylic acids is 1. The van der Waals surface area contributed by atoms with E-state index < -0.39 is 26.9 Å². The summed E-state index contributed by atoms with van der Waals surface area (Å²) in [7, 11) is -3.26. The Balaban J connectivity index is 1.92. The van der Waals surface area contributed by atoms with Crippen molar-refractivity contribution in [3.8, 4) is 0 Å². The number of sulfonamides is 1. The van der Waals surface area contributed by atoms with Crippen molar-refractivity contribution in [1.29, 1.82) is 0 Å². The number of hydrogen-bond acceptors (Lipinski definition) is 5. The lowest BCUT2D eigenvalue weighted by molar-refractivity contribution is 0.0951. The molecule has 1 saturated heterocycles. The van der Waals surface area contributed by atoms with Gasteiger partial charge < -0.3 is 9.88 Å². The minimum absolute atomic E-state index is 0.0437. The van der Waals surface area contributed by atoms with Crippen LogP contribution in [0, 0.1) is 0 Å². The van der Waals surface area contributed by atoms with E-state index in [2.05, 4.69) is 10.3 Å². The summed E-state index contributed by atoms with van der Waals surface area (Å²) >= 11 is 0. The van der Waals surface area contributed by atoms with E-state index in [9.17, 15) is 18.0 Å². The molecule has 8 nitrogen and oxygen atoms in total. The third-order valence-electron chi connectivity index (χ3n) is 4.87. The highest BCUT2D eigenvalue weighted by Gasteiger charge is 2.48. The van der Waals surface area contributed by atoms with E-state index in [0.717, 1.165) is 12.8 Å². The fourth-order valence-electron chi connectivity index (χ4n) is 3.53. The van der Waals surface area contributed by atoms with Crippen LogP contribution < -0.4 is 10.9 Å². The smallest absolute Gasteiger partial charge is 0.285 e. The van der Waals surface area contributed by atoms with Crippen molar-refractivity contribution in [1.82, 2.24) is 19.2 Å². The molecule has 0 saturated carbocycles. The second-order valence-corrected chi connectivity index (χ2v) is 8.59. The number of aryl methyl sites for hydroxylation is 1. The van der Waals surface area contributed by atoms with E-state index in [0.29, 0.717) is 38.4 Å². The van der Waals surface area contributed by atoms with Crippen LogP contribution in [0.15, 0.2) is 11.0 Å². The van der Waals surface area contributed by atoms with Crippen molar-refractivity contribution >= 4 is 15.9 Å². The monoisotopic (exact) mass is 354 g/mol. The molecule has 1 fully saturated rings. The van der Waals surface area contributed by atoms with Gasteiger partial charge in [-0.1, -0.05) is 6.92 Å². The molecule has 2 aliphatic heterocycles. The third-order valence-corrected chi connectivity index (χ3v) is 6.12. The fourth-order valence-corrected chi connectivity index (χ4v) is 4.43. The highest BCUT2D eigenvalue weighted by molar-refractivity contribution is 7.88. The van der Waals surface area contributed by atoms with E-state index in [-0.39, 0.29) is 5.56 Å². The van der Waals surface area contributed by atoms with Gasteiger partial charge in [0.1, 0.15) is 11.4 Å². The minimum Gasteiger partial charge on any atom is -0.352 e. The van der Waals surface area contributed by atoms with Crippen LogP contribution in [0.1, 0.15) is 42.4 Å². The standard InChI is InChI=1S/C15H22N4O4S/c1-3-6-16-12(20)11-9-18-7-4-15(14(18)17-13(11)21)5-8-19(10-15)24(2,22)23/h9H,3-8,10H2,1-2H3,(H,16,20)/t15-/m1/s1. The average Bonchev–Trinajstić information content (AvgIpc) is 3.10. The molecule has 1 N–H and O–H groups in total. The van der Waals surface area contributed by atoms with Gasteiger partial charge >= 0.3 is 0 Å². The normalized spacial score (nSPS) is 23.6. The number of carbonyl (C=O) groups is 1. The van der Waals surface area contributed by atoms with E-state index in [1.807, 2.05) is 11.5 Å². The summed E-state index contributed by atoms with van der Waals surface area (Å²) in [6.07, 6.45) is 4.92. The molecule has 1 spiro atoms. The summed E-state index contributed by atoms with van der Waals surface area (Å²) in [6.45, 7) is 3.86. The van der Waals surface area contributed by atoms with Crippen LogP contribution in [-0.2, 0) is 22.0 Å². The third kappa shape index (κ3) is 2.86. The van der Waals surface area contributed by atoms with Crippen LogP contribution in [0.4, 0.5) is 0 Å². The molecule has 3 rings (SSSR count). The first-order valence-corrected chi connectivity index (χ1v) is 9.97. The maximum atomic E-state index is 12.3. The van der Waals surface area contributed by atoms with Crippen LogP contribution in [0.5, 0.6) is 0 Å². The second-order valence-electron chi connectivity index (χ2n) is 6.61. The molecule has 0 unspecified atom stereocenters. The summed E-state index contributed by atoms with van der Waals surface area (Å²) in [6, 6.07) is 0. The van der Waals surface area contributed by atoms with Gasteiger partial charge in [-0.15, -0.1) is 0 Å². The van der Waals surface area contributed by atoms with Gasteiger partial charge in [0.15, 0.2) is 0 Å². The van der Waals surface area contributed by atoms with Gasteiger partial charge in [-0.2, -0.15) is 4.98 Å². The van der Waals surface area contributed by atoms with Gasteiger partial charge in [-0.05, 0) is 19.3 Å². The second kappa shape index (κ2) is 5.96. The summed E-state index contributed by atoms with van der Waals surface area (Å²) < 4.78 is 26.8. The molecule has 0 bridgehead atoms. The van der Waals surface area contributed by atoms with Crippen molar-refractivity contribution in [3.05, 3.63) is 27.9 Å². The van der Waals surface area contributed by atoms with Gasteiger partial charge in [-0.25, -0.2) is 12.7 Å². The maximum absolute atomic E-state index is 12.3. The Bertz CT molecular complexity index is 832. The van der Waals surface area contributed by atoms with Gasteiger partial charge in [-0.3, -0.25) is 9.59 Å². The van der Waals surface area contributed by atoms with Crippen LogP contribution in [0.25, 0.3) is 0 Å². The summed E-state index contributed by atoms with van der Waals surface area (Å²) in [5.41, 5.74) is -0.920. The summed E-state index contributed by atoms with van der Waals surface area (Å²) in [4.78, 5) is 28.5. The molecule has 0 aromatic carbocycles. The zero-order chi connectivity index (χ0) is 17.5. The minimum atomic E-state index is -3.26. The average molecular weight is 354 g/mol. The number of aromatic nitrogens is 2. The molecule has 1 aromatic heterocycles. The number of nitrogens with zero attached hydrogens (tertiary/aromatic N) is 3. The molecule has 1 amide bonds. The Morgan fingerprint density at radius 2 is 2.08 bits per heavy atom. The molecule has 0 radical (unpaired) electrons. The van der Waals surface area contributed by atoms with Crippen LogP contribution in [0.3, 0.4) is 0 Å². The van der Waals surface area contributed by atoms with E-state index in [4.69, 9.17) is 0 Å². The lowest BCUT2D eigenvalue weighted by Gasteiger charge is -2.22. The van der Waals surface area contributed by atoms with Crippen molar-refractivity contribution in [2.75, 3.05) is 25.9 Å². The lowest BCUT2D eigenvalue weighted by atomic mass is 9.85. The first-order chi connectivity index (χ1) is 11.3. The van der Waals surface area contributed by atoms with Crippen LogP contribution in [-0.4, -0.2) is 54.1 Å². The van der Waals surface area contributed by atoms with Crippen molar-refractivity contribution in [2.45, 2.75) is 38.1 Å². The maximum Gasteiger partial charge on any atom is 0.285 e. The molecule has 132 valence electrons. The first-order valence-electron chi connectivity index (χ1n) is 8.12.